The first-order valence-electron chi connectivity index (χ1n) is 6.37. The number of aryl methyl sites for hydroxylation is 1. The molecule has 0 aromatic carbocycles. The minimum Gasteiger partial charge on any atom is -0.308 e. The van der Waals surface area contributed by atoms with Gasteiger partial charge in [-0.25, -0.2) is 0 Å². The van der Waals surface area contributed by atoms with Crippen molar-refractivity contribution in [3.63, 3.8) is 0 Å². The molecule has 0 saturated heterocycles. The molecule has 1 rings (SSSR count). The van der Waals surface area contributed by atoms with Crippen LogP contribution in [0.5, 0.6) is 0 Å². The van der Waals surface area contributed by atoms with Gasteiger partial charge in [0.2, 0.25) is 0 Å². The second-order valence-corrected chi connectivity index (χ2v) is 6.95. The lowest BCUT2D eigenvalue weighted by Gasteiger charge is -2.24. The van der Waals surface area contributed by atoms with Gasteiger partial charge in [0.1, 0.15) is 0 Å². The predicted molar refractivity (Wildman–Crippen MR) is 76.5 cm³/mol. The number of nitrogens with zero attached hydrogens (tertiary/aromatic N) is 2. The molecule has 0 aliphatic heterocycles. The summed E-state index contributed by atoms with van der Waals surface area (Å²) >= 11 is 2.00. The standard InChI is InChI=1S/C13H25N3S/c1-6-14-11(10-17-13(3,4)5)12-8-9-15-16(12)7-2/h8-9,11,14H,6-7,10H2,1-5H3. The molecule has 3 nitrogen and oxygen atoms in total. The third kappa shape index (κ3) is 4.72. The molecule has 0 fully saturated rings. The molecule has 1 N–H and O–H groups in total. The molecule has 1 heterocycles. The van der Waals surface area contributed by atoms with Crippen LogP contribution < -0.4 is 5.32 Å². The largest absolute Gasteiger partial charge is 0.308 e. The summed E-state index contributed by atoms with van der Waals surface area (Å²) in [6.45, 7) is 13.0. The number of nitrogens with one attached hydrogen (secondary N) is 1. The van der Waals surface area contributed by atoms with E-state index in [2.05, 4.69) is 55.8 Å². The van der Waals surface area contributed by atoms with Crippen molar-refractivity contribution in [3.05, 3.63) is 18.0 Å². The van der Waals surface area contributed by atoms with E-state index >= 15 is 0 Å². The fourth-order valence-corrected chi connectivity index (χ4v) is 2.69. The average molecular weight is 255 g/mol. The average Bonchev–Trinajstić information content (AvgIpc) is 2.70. The van der Waals surface area contributed by atoms with E-state index in [1.54, 1.807) is 0 Å². The van der Waals surface area contributed by atoms with Crippen molar-refractivity contribution in [2.75, 3.05) is 12.3 Å². The van der Waals surface area contributed by atoms with Crippen LogP contribution in [0.4, 0.5) is 0 Å². The van der Waals surface area contributed by atoms with Crippen LogP contribution in [0, 0.1) is 0 Å². The molecule has 98 valence electrons. The lowest BCUT2D eigenvalue weighted by molar-refractivity contribution is 0.525. The monoisotopic (exact) mass is 255 g/mol. The second kappa shape index (κ2) is 6.45. The van der Waals surface area contributed by atoms with Gasteiger partial charge in [0.05, 0.1) is 11.7 Å². The Morgan fingerprint density at radius 3 is 2.65 bits per heavy atom. The highest BCUT2D eigenvalue weighted by Gasteiger charge is 2.19. The molecule has 0 radical (unpaired) electrons. The van der Waals surface area contributed by atoms with E-state index in [0.29, 0.717) is 10.8 Å². The third-order valence-electron chi connectivity index (χ3n) is 2.54. The molecule has 1 aromatic heterocycles. The maximum absolute atomic E-state index is 4.35. The Morgan fingerprint density at radius 2 is 2.12 bits per heavy atom. The van der Waals surface area contributed by atoms with Crippen molar-refractivity contribution < 1.29 is 0 Å². The summed E-state index contributed by atoms with van der Waals surface area (Å²) in [7, 11) is 0. The zero-order chi connectivity index (χ0) is 12.9. The second-order valence-electron chi connectivity index (χ2n) is 5.11. The van der Waals surface area contributed by atoms with Crippen molar-refractivity contribution in [2.24, 2.45) is 0 Å². The van der Waals surface area contributed by atoms with Crippen LogP contribution in [0.1, 0.15) is 46.4 Å². The molecule has 1 atom stereocenters. The first kappa shape index (κ1) is 14.6. The van der Waals surface area contributed by atoms with Gasteiger partial charge in [-0.2, -0.15) is 16.9 Å². The molecule has 0 amide bonds. The molecule has 0 aliphatic carbocycles. The summed E-state index contributed by atoms with van der Waals surface area (Å²) in [5.41, 5.74) is 1.30. The highest BCUT2D eigenvalue weighted by Crippen LogP contribution is 2.28. The van der Waals surface area contributed by atoms with E-state index in [4.69, 9.17) is 0 Å². The molecular weight excluding hydrogens is 230 g/mol. The number of rotatable bonds is 6. The summed E-state index contributed by atoms with van der Waals surface area (Å²) in [4.78, 5) is 0. The number of hydrogen-bond donors (Lipinski definition) is 1. The van der Waals surface area contributed by atoms with Crippen LogP contribution in [0.15, 0.2) is 12.3 Å². The van der Waals surface area contributed by atoms with Crippen molar-refractivity contribution in [1.82, 2.24) is 15.1 Å². The minimum absolute atomic E-state index is 0.310. The van der Waals surface area contributed by atoms with Gasteiger partial charge in [-0.3, -0.25) is 4.68 Å². The molecule has 0 spiro atoms. The quantitative estimate of drug-likeness (QED) is 0.847. The van der Waals surface area contributed by atoms with Crippen molar-refractivity contribution in [1.29, 1.82) is 0 Å². The molecule has 0 bridgehead atoms. The van der Waals surface area contributed by atoms with E-state index in [1.807, 2.05) is 18.0 Å². The SMILES string of the molecule is CCNC(CSC(C)(C)C)c1ccnn1CC. The molecule has 1 aromatic rings. The fraction of sp³-hybridized carbons (Fsp3) is 0.769. The van der Waals surface area contributed by atoms with Gasteiger partial charge in [0.25, 0.3) is 0 Å². The van der Waals surface area contributed by atoms with Crippen LogP contribution in [0.25, 0.3) is 0 Å². The summed E-state index contributed by atoms with van der Waals surface area (Å²) in [5, 5.41) is 7.90. The zero-order valence-corrected chi connectivity index (χ0v) is 12.5. The summed E-state index contributed by atoms with van der Waals surface area (Å²) in [5.74, 6) is 1.09. The number of thioether (sulfide) groups is 1. The topological polar surface area (TPSA) is 29.9 Å². The first-order valence-corrected chi connectivity index (χ1v) is 7.35. The zero-order valence-electron chi connectivity index (χ0n) is 11.7. The molecule has 0 aliphatic rings. The Morgan fingerprint density at radius 1 is 1.41 bits per heavy atom. The Bertz CT molecular complexity index is 328. The van der Waals surface area contributed by atoms with Gasteiger partial charge in [-0.15, -0.1) is 0 Å². The summed E-state index contributed by atoms with van der Waals surface area (Å²) in [6.07, 6.45) is 1.89. The smallest absolute Gasteiger partial charge is 0.0583 e. The van der Waals surface area contributed by atoms with Crippen LogP contribution >= 0.6 is 11.8 Å². The van der Waals surface area contributed by atoms with Gasteiger partial charge in [-0.1, -0.05) is 27.7 Å². The minimum atomic E-state index is 0.310. The molecule has 1 unspecified atom stereocenters. The van der Waals surface area contributed by atoms with Gasteiger partial charge < -0.3 is 5.32 Å². The maximum Gasteiger partial charge on any atom is 0.0583 e. The Hall–Kier alpha value is -0.480. The van der Waals surface area contributed by atoms with Crippen molar-refractivity contribution in [2.45, 2.75) is 52.0 Å². The summed E-state index contributed by atoms with van der Waals surface area (Å²) < 4.78 is 2.39. The van der Waals surface area contributed by atoms with Gasteiger partial charge in [0, 0.05) is 23.2 Å². The van der Waals surface area contributed by atoms with Gasteiger partial charge in [0.15, 0.2) is 0 Å². The van der Waals surface area contributed by atoms with E-state index < -0.39 is 0 Å². The number of hydrogen-bond acceptors (Lipinski definition) is 3. The highest BCUT2D eigenvalue weighted by molar-refractivity contribution is 8.00. The van der Waals surface area contributed by atoms with Crippen LogP contribution in [0.3, 0.4) is 0 Å². The molecule has 4 heteroatoms. The Balaban J connectivity index is 2.71. The lowest BCUT2D eigenvalue weighted by Crippen LogP contribution is -2.27. The van der Waals surface area contributed by atoms with Crippen LogP contribution in [0.2, 0.25) is 0 Å². The van der Waals surface area contributed by atoms with E-state index in [0.717, 1.165) is 18.8 Å². The normalized spacial score (nSPS) is 13.9. The first-order chi connectivity index (χ1) is 7.98. The molecular formula is C13H25N3S. The Kier molecular flexibility index (Phi) is 5.53. The van der Waals surface area contributed by atoms with Crippen LogP contribution in [-0.2, 0) is 6.54 Å². The van der Waals surface area contributed by atoms with Crippen molar-refractivity contribution >= 4 is 11.8 Å². The van der Waals surface area contributed by atoms with Gasteiger partial charge in [-0.05, 0) is 19.5 Å². The van der Waals surface area contributed by atoms with Crippen LogP contribution in [-0.4, -0.2) is 26.8 Å². The highest BCUT2D eigenvalue weighted by atomic mass is 32.2. The van der Waals surface area contributed by atoms with E-state index in [9.17, 15) is 0 Å². The Labute approximate surface area is 109 Å². The van der Waals surface area contributed by atoms with Gasteiger partial charge >= 0.3 is 0 Å². The predicted octanol–water partition coefficient (Wildman–Crippen LogP) is 3.09. The fourth-order valence-electron chi connectivity index (χ4n) is 1.73. The molecule has 0 saturated carbocycles. The van der Waals surface area contributed by atoms with E-state index in [1.165, 1.54) is 5.69 Å². The third-order valence-corrected chi connectivity index (χ3v) is 3.91. The number of aromatic nitrogens is 2. The maximum atomic E-state index is 4.35. The van der Waals surface area contributed by atoms with E-state index in [-0.39, 0.29) is 0 Å². The lowest BCUT2D eigenvalue weighted by atomic mass is 10.2. The molecule has 17 heavy (non-hydrogen) atoms. The van der Waals surface area contributed by atoms with Crippen molar-refractivity contribution in [3.8, 4) is 0 Å². The summed E-state index contributed by atoms with van der Waals surface area (Å²) in [6, 6.07) is 2.52.